The topological polar surface area (TPSA) is 97.1 Å². The number of furan rings is 1. The van der Waals surface area contributed by atoms with Crippen LogP contribution in [-0.4, -0.2) is 31.2 Å². The lowest BCUT2D eigenvalue weighted by Crippen LogP contribution is -2.30. The van der Waals surface area contributed by atoms with Crippen LogP contribution in [-0.2, 0) is 37.4 Å². The number of rotatable bonds is 10. The van der Waals surface area contributed by atoms with Gasteiger partial charge in [0.15, 0.2) is 0 Å². The van der Waals surface area contributed by atoms with Gasteiger partial charge in [-0.3, -0.25) is 9.69 Å². The van der Waals surface area contributed by atoms with Gasteiger partial charge in [0.05, 0.1) is 29.2 Å². The second-order valence-corrected chi connectivity index (χ2v) is 13.1. The lowest BCUT2D eigenvalue weighted by Gasteiger charge is -2.21. The first-order chi connectivity index (χ1) is 21.5. The van der Waals surface area contributed by atoms with Gasteiger partial charge < -0.3 is 9.15 Å². The molecule has 4 aromatic rings. The normalized spacial score (nSPS) is 14.6. The molecule has 0 atom stereocenters. The van der Waals surface area contributed by atoms with E-state index in [-0.39, 0.29) is 41.5 Å². The van der Waals surface area contributed by atoms with E-state index in [4.69, 9.17) is 20.8 Å². The summed E-state index contributed by atoms with van der Waals surface area (Å²) in [5.74, 6) is -0.378. The molecule has 45 heavy (non-hydrogen) atoms. The minimum atomic E-state index is -3.93. The SMILES string of the molecule is CCOC(=O)C1=C(C)N(c2ccc(C)cc2)C(=O)/C1=C/c1ccc(CN(Cc2ccc(Cl)cc2)S(=O)(=O)c2ccc(C)cc2)o1. The number of amides is 1. The Kier molecular flexibility index (Phi) is 9.43. The van der Waals surface area contributed by atoms with Crippen LogP contribution in [0.5, 0.6) is 0 Å². The van der Waals surface area contributed by atoms with Crippen molar-refractivity contribution < 1.29 is 27.2 Å². The molecule has 5 rings (SSSR count). The molecule has 8 nitrogen and oxygen atoms in total. The molecule has 0 bridgehead atoms. The first kappa shape index (κ1) is 32.0. The van der Waals surface area contributed by atoms with Crippen LogP contribution in [0.25, 0.3) is 6.08 Å². The Morgan fingerprint density at radius 3 is 2.13 bits per heavy atom. The van der Waals surface area contributed by atoms with Crippen molar-refractivity contribution >= 4 is 45.3 Å². The fourth-order valence-electron chi connectivity index (χ4n) is 5.04. The maximum Gasteiger partial charge on any atom is 0.340 e. The van der Waals surface area contributed by atoms with E-state index in [1.807, 2.05) is 38.1 Å². The minimum Gasteiger partial charge on any atom is -0.462 e. The van der Waals surface area contributed by atoms with Gasteiger partial charge in [0.25, 0.3) is 5.91 Å². The van der Waals surface area contributed by atoms with Crippen molar-refractivity contribution in [1.82, 2.24) is 4.31 Å². The van der Waals surface area contributed by atoms with Crippen LogP contribution in [0.15, 0.2) is 111 Å². The second-order valence-electron chi connectivity index (χ2n) is 10.7. The first-order valence-corrected chi connectivity index (χ1v) is 16.2. The molecule has 232 valence electrons. The van der Waals surface area contributed by atoms with E-state index in [2.05, 4.69) is 0 Å². The van der Waals surface area contributed by atoms with Crippen LogP contribution >= 0.6 is 11.6 Å². The molecule has 0 saturated heterocycles. The summed E-state index contributed by atoms with van der Waals surface area (Å²) in [6.45, 7) is 7.37. The average Bonchev–Trinajstić information content (AvgIpc) is 3.55. The highest BCUT2D eigenvalue weighted by atomic mass is 35.5. The summed E-state index contributed by atoms with van der Waals surface area (Å²) in [4.78, 5) is 28.4. The molecule has 1 aliphatic heterocycles. The number of ether oxygens (including phenoxy) is 1. The number of benzene rings is 3. The van der Waals surface area contributed by atoms with Gasteiger partial charge >= 0.3 is 5.97 Å². The Bertz CT molecular complexity index is 1890. The Morgan fingerprint density at radius 1 is 0.889 bits per heavy atom. The predicted octanol–water partition coefficient (Wildman–Crippen LogP) is 7.21. The molecular formula is C35H33ClN2O6S. The summed E-state index contributed by atoms with van der Waals surface area (Å²) in [5, 5.41) is 0.546. The van der Waals surface area contributed by atoms with Gasteiger partial charge in [-0.2, -0.15) is 4.31 Å². The van der Waals surface area contributed by atoms with E-state index in [0.29, 0.717) is 22.2 Å². The summed E-state index contributed by atoms with van der Waals surface area (Å²) < 4.78 is 40.3. The largest absolute Gasteiger partial charge is 0.462 e. The number of aryl methyl sites for hydroxylation is 2. The quantitative estimate of drug-likeness (QED) is 0.134. The Labute approximate surface area is 268 Å². The highest BCUT2D eigenvalue weighted by molar-refractivity contribution is 7.89. The van der Waals surface area contributed by atoms with Gasteiger partial charge in [-0.1, -0.05) is 59.1 Å². The average molecular weight is 645 g/mol. The van der Waals surface area contributed by atoms with Crippen molar-refractivity contribution in [1.29, 1.82) is 0 Å². The third kappa shape index (κ3) is 6.96. The van der Waals surface area contributed by atoms with Crippen LogP contribution in [0, 0.1) is 13.8 Å². The molecule has 10 heteroatoms. The summed E-state index contributed by atoms with van der Waals surface area (Å²) >= 11 is 6.06. The number of nitrogens with zero attached hydrogens (tertiary/aromatic N) is 2. The third-order valence-corrected chi connectivity index (χ3v) is 9.46. The molecule has 0 aliphatic carbocycles. The van der Waals surface area contributed by atoms with Crippen molar-refractivity contribution in [3.63, 3.8) is 0 Å². The van der Waals surface area contributed by atoms with Crippen LogP contribution in [0.2, 0.25) is 5.02 Å². The van der Waals surface area contributed by atoms with E-state index in [1.165, 1.54) is 15.3 Å². The van der Waals surface area contributed by atoms with Gasteiger partial charge in [-0.05, 0) is 87.9 Å². The number of halogens is 1. The second kappa shape index (κ2) is 13.3. The van der Waals surface area contributed by atoms with Crippen LogP contribution in [0.1, 0.15) is 42.1 Å². The van der Waals surface area contributed by atoms with Gasteiger partial charge in [0.2, 0.25) is 10.0 Å². The standard InChI is InChI=1S/C35H33ClN2O6S/c1-5-43-35(40)33-25(4)38(28-14-6-23(2)7-15-28)34(39)32(33)20-29-16-17-30(44-29)22-37(21-26-10-12-27(36)13-11-26)45(41,42)31-18-8-24(3)9-19-31/h6-20H,5,21-22H2,1-4H3/b32-20+. The molecule has 0 unspecified atom stereocenters. The number of hydrogen-bond acceptors (Lipinski definition) is 6. The maximum atomic E-state index is 13.8. The molecule has 0 spiro atoms. The predicted molar refractivity (Wildman–Crippen MR) is 174 cm³/mol. The monoisotopic (exact) mass is 644 g/mol. The number of sulfonamides is 1. The van der Waals surface area contributed by atoms with Crippen LogP contribution in [0.3, 0.4) is 0 Å². The van der Waals surface area contributed by atoms with Crippen molar-refractivity contribution in [2.75, 3.05) is 11.5 Å². The van der Waals surface area contributed by atoms with Crippen LogP contribution < -0.4 is 4.90 Å². The Balaban J connectivity index is 1.48. The van der Waals surface area contributed by atoms with Crippen LogP contribution in [0.4, 0.5) is 5.69 Å². The zero-order valence-corrected chi connectivity index (χ0v) is 27.0. The highest BCUT2D eigenvalue weighted by Gasteiger charge is 2.38. The molecule has 1 amide bonds. The smallest absolute Gasteiger partial charge is 0.340 e. The summed E-state index contributed by atoms with van der Waals surface area (Å²) in [6, 6.07) is 24.3. The fraction of sp³-hybridized carbons (Fsp3) is 0.200. The van der Waals surface area contributed by atoms with E-state index < -0.39 is 21.9 Å². The maximum absolute atomic E-state index is 13.8. The molecule has 0 saturated carbocycles. The number of hydrogen-bond donors (Lipinski definition) is 0. The molecule has 3 aromatic carbocycles. The van der Waals surface area contributed by atoms with Crippen molar-refractivity contribution in [3.05, 3.63) is 135 Å². The summed E-state index contributed by atoms with van der Waals surface area (Å²) in [6.07, 6.45) is 1.49. The lowest BCUT2D eigenvalue weighted by molar-refractivity contribution is -0.138. The number of esters is 1. The van der Waals surface area contributed by atoms with Gasteiger partial charge in [0, 0.05) is 23.0 Å². The van der Waals surface area contributed by atoms with E-state index in [0.717, 1.165) is 16.7 Å². The highest BCUT2D eigenvalue weighted by Crippen LogP contribution is 2.36. The van der Waals surface area contributed by atoms with E-state index in [1.54, 1.807) is 74.5 Å². The molecule has 1 aliphatic rings. The molecule has 0 N–H and O–H groups in total. The zero-order valence-electron chi connectivity index (χ0n) is 25.4. The van der Waals surface area contributed by atoms with Crippen molar-refractivity contribution in [3.8, 4) is 0 Å². The summed E-state index contributed by atoms with van der Waals surface area (Å²) in [5.41, 5.74) is 4.05. The fourth-order valence-corrected chi connectivity index (χ4v) is 6.56. The number of allylic oxidation sites excluding steroid dienone is 1. The lowest BCUT2D eigenvalue weighted by atomic mass is 10.1. The van der Waals surface area contributed by atoms with Crippen molar-refractivity contribution in [2.45, 2.75) is 45.7 Å². The van der Waals surface area contributed by atoms with Gasteiger partial charge in [0.1, 0.15) is 11.5 Å². The van der Waals surface area contributed by atoms with Gasteiger partial charge in [-0.15, -0.1) is 0 Å². The van der Waals surface area contributed by atoms with Gasteiger partial charge in [-0.25, -0.2) is 13.2 Å². The number of anilines is 1. The molecule has 1 aromatic heterocycles. The number of carbonyl (C=O) groups excluding carboxylic acids is 2. The molecule has 2 heterocycles. The Morgan fingerprint density at radius 2 is 1.51 bits per heavy atom. The Hall–Kier alpha value is -4.44. The molecule has 0 fully saturated rings. The first-order valence-electron chi connectivity index (χ1n) is 14.4. The summed E-state index contributed by atoms with van der Waals surface area (Å²) in [7, 11) is -3.93. The number of carbonyl (C=O) groups is 2. The van der Waals surface area contributed by atoms with Crippen molar-refractivity contribution in [2.24, 2.45) is 0 Å². The third-order valence-electron chi connectivity index (χ3n) is 7.40. The minimum absolute atomic E-state index is 0.0729. The molecule has 0 radical (unpaired) electrons. The van der Waals surface area contributed by atoms with E-state index >= 15 is 0 Å². The molecular weight excluding hydrogens is 612 g/mol. The van der Waals surface area contributed by atoms with E-state index in [9.17, 15) is 18.0 Å². The zero-order chi connectivity index (χ0) is 32.3.